The van der Waals surface area contributed by atoms with E-state index in [1.807, 2.05) is 6.92 Å². The smallest absolute Gasteiger partial charge is 0.262 e. The second-order valence-corrected chi connectivity index (χ2v) is 6.50. The Bertz CT molecular complexity index is 724. The lowest BCUT2D eigenvalue weighted by atomic mass is 10.5. The van der Waals surface area contributed by atoms with E-state index < -0.39 is 10.0 Å². The zero-order valence-electron chi connectivity index (χ0n) is 11.2. The van der Waals surface area contributed by atoms with Gasteiger partial charge in [0.05, 0.1) is 0 Å². The van der Waals surface area contributed by atoms with Crippen molar-refractivity contribution >= 4 is 27.3 Å². The summed E-state index contributed by atoms with van der Waals surface area (Å²) in [6.07, 6.45) is 3.91. The molecule has 0 aliphatic carbocycles. The quantitative estimate of drug-likeness (QED) is 0.770. The van der Waals surface area contributed by atoms with Gasteiger partial charge in [-0.25, -0.2) is 13.4 Å². The molecule has 2 aromatic heterocycles. The second-order valence-electron chi connectivity index (χ2n) is 4.29. The summed E-state index contributed by atoms with van der Waals surface area (Å²) < 4.78 is 28.3. The normalized spacial score (nSPS) is 12.2. The lowest BCUT2D eigenvalue weighted by Gasteiger charge is -2.19. The predicted octanol–water partition coefficient (Wildman–Crippen LogP) is 2.57. The topological polar surface area (TPSA) is 54.7 Å². The maximum atomic E-state index is 12.7. The number of hydrogen-bond acceptors (Lipinski definition) is 3. The van der Waals surface area contributed by atoms with E-state index in [4.69, 9.17) is 11.6 Å². The van der Waals surface area contributed by atoms with Gasteiger partial charge in [-0.15, -0.1) is 6.58 Å². The van der Waals surface area contributed by atoms with Gasteiger partial charge in [0.15, 0.2) is 10.2 Å². The standard InChI is InChI=1S/C13H16ClN3O2S/c1-3-8-16(9-4-2)20(18,19)13-12(14)15-11-7-5-6-10-17(11)13/h3,5-7,10H,1,4,8-9H2,2H3. The lowest BCUT2D eigenvalue weighted by molar-refractivity contribution is 0.438. The van der Waals surface area contributed by atoms with Crippen LogP contribution in [0.3, 0.4) is 0 Å². The molecule has 0 aliphatic rings. The van der Waals surface area contributed by atoms with Gasteiger partial charge in [0.2, 0.25) is 0 Å². The molecule has 0 fully saturated rings. The van der Waals surface area contributed by atoms with E-state index >= 15 is 0 Å². The molecule has 7 heteroatoms. The first-order valence-electron chi connectivity index (χ1n) is 6.26. The van der Waals surface area contributed by atoms with Gasteiger partial charge in [-0.05, 0) is 18.6 Å². The SMILES string of the molecule is C=CCN(CCC)S(=O)(=O)c1c(Cl)nc2ccccn12. The van der Waals surface area contributed by atoms with Gasteiger partial charge in [-0.2, -0.15) is 4.31 Å². The monoisotopic (exact) mass is 313 g/mol. The summed E-state index contributed by atoms with van der Waals surface area (Å²) >= 11 is 6.03. The average Bonchev–Trinajstić information content (AvgIpc) is 2.74. The summed E-state index contributed by atoms with van der Waals surface area (Å²) in [6.45, 7) is 6.17. The summed E-state index contributed by atoms with van der Waals surface area (Å²) in [5.74, 6) is 0. The molecule has 0 aliphatic heterocycles. The van der Waals surface area contributed by atoms with Gasteiger partial charge < -0.3 is 0 Å². The number of aromatic nitrogens is 2. The fraction of sp³-hybridized carbons (Fsp3) is 0.308. The summed E-state index contributed by atoms with van der Waals surface area (Å²) in [7, 11) is -3.71. The Labute approximate surface area is 123 Å². The number of imidazole rings is 1. The van der Waals surface area contributed by atoms with Gasteiger partial charge in [0.25, 0.3) is 10.0 Å². The van der Waals surface area contributed by atoms with Gasteiger partial charge in [0.1, 0.15) is 5.65 Å². The maximum absolute atomic E-state index is 12.7. The third-order valence-electron chi connectivity index (χ3n) is 2.84. The van der Waals surface area contributed by atoms with Crippen molar-refractivity contribution in [2.75, 3.05) is 13.1 Å². The van der Waals surface area contributed by atoms with Crippen LogP contribution in [0.15, 0.2) is 42.1 Å². The van der Waals surface area contributed by atoms with Crippen LogP contribution in [0, 0.1) is 0 Å². The Morgan fingerprint density at radius 2 is 2.25 bits per heavy atom. The predicted molar refractivity (Wildman–Crippen MR) is 79.4 cm³/mol. The molecule has 0 unspecified atom stereocenters. The average molecular weight is 314 g/mol. The van der Waals surface area contributed by atoms with Crippen molar-refractivity contribution in [3.05, 3.63) is 42.2 Å². The molecular weight excluding hydrogens is 298 g/mol. The van der Waals surface area contributed by atoms with Crippen molar-refractivity contribution < 1.29 is 8.42 Å². The molecule has 0 bridgehead atoms. The minimum absolute atomic E-state index is 0.00469. The Balaban J connectivity index is 2.61. The molecule has 20 heavy (non-hydrogen) atoms. The molecule has 5 nitrogen and oxygen atoms in total. The molecule has 0 atom stereocenters. The van der Waals surface area contributed by atoms with Gasteiger partial charge in [0, 0.05) is 19.3 Å². The van der Waals surface area contributed by atoms with Crippen LogP contribution < -0.4 is 0 Å². The van der Waals surface area contributed by atoms with E-state index in [1.165, 1.54) is 8.71 Å². The molecule has 2 rings (SSSR count). The number of rotatable bonds is 6. The van der Waals surface area contributed by atoms with Crippen LogP contribution in [0.4, 0.5) is 0 Å². The Kier molecular flexibility index (Phi) is 4.47. The van der Waals surface area contributed by atoms with Crippen LogP contribution in [0.25, 0.3) is 5.65 Å². The van der Waals surface area contributed by atoms with E-state index in [-0.39, 0.29) is 16.7 Å². The van der Waals surface area contributed by atoms with E-state index in [0.29, 0.717) is 18.6 Å². The number of pyridine rings is 1. The van der Waals surface area contributed by atoms with Crippen LogP contribution in [0.1, 0.15) is 13.3 Å². The number of sulfonamides is 1. The summed E-state index contributed by atoms with van der Waals surface area (Å²) in [5, 5.41) is -0.00793. The number of hydrogen-bond donors (Lipinski definition) is 0. The van der Waals surface area contributed by atoms with E-state index in [2.05, 4.69) is 11.6 Å². The van der Waals surface area contributed by atoms with Crippen LogP contribution in [-0.4, -0.2) is 35.2 Å². The number of nitrogens with zero attached hydrogens (tertiary/aromatic N) is 3. The van der Waals surface area contributed by atoms with E-state index in [9.17, 15) is 8.42 Å². The van der Waals surface area contributed by atoms with Crippen molar-refractivity contribution in [1.29, 1.82) is 0 Å². The second kappa shape index (κ2) is 5.95. The van der Waals surface area contributed by atoms with Gasteiger partial charge >= 0.3 is 0 Å². The molecule has 0 amide bonds. The summed E-state index contributed by atoms with van der Waals surface area (Å²) in [6, 6.07) is 5.23. The first-order valence-corrected chi connectivity index (χ1v) is 8.07. The molecule has 0 saturated carbocycles. The fourth-order valence-corrected chi connectivity index (χ4v) is 4.10. The van der Waals surface area contributed by atoms with Crippen molar-refractivity contribution in [3.63, 3.8) is 0 Å². The Hall–Kier alpha value is -1.37. The highest BCUT2D eigenvalue weighted by Crippen LogP contribution is 2.25. The molecule has 0 saturated heterocycles. The largest absolute Gasteiger partial charge is 0.288 e. The summed E-state index contributed by atoms with van der Waals surface area (Å²) in [5.41, 5.74) is 0.506. The highest BCUT2D eigenvalue weighted by atomic mass is 35.5. The van der Waals surface area contributed by atoms with Crippen LogP contribution in [0.2, 0.25) is 5.15 Å². The molecule has 2 aromatic rings. The zero-order chi connectivity index (χ0) is 14.8. The fourth-order valence-electron chi connectivity index (χ4n) is 2.00. The molecule has 108 valence electrons. The molecular formula is C13H16ClN3O2S. The molecule has 0 radical (unpaired) electrons. The van der Waals surface area contributed by atoms with Crippen molar-refractivity contribution in [3.8, 4) is 0 Å². The molecule has 0 N–H and O–H groups in total. The first-order chi connectivity index (χ1) is 9.52. The third kappa shape index (κ3) is 2.59. The van der Waals surface area contributed by atoms with Crippen LogP contribution in [0.5, 0.6) is 0 Å². The number of halogens is 1. The minimum Gasteiger partial charge on any atom is -0.288 e. The van der Waals surface area contributed by atoms with Crippen molar-refractivity contribution in [2.24, 2.45) is 0 Å². The Morgan fingerprint density at radius 3 is 2.90 bits per heavy atom. The van der Waals surface area contributed by atoms with E-state index in [1.54, 1.807) is 30.5 Å². The van der Waals surface area contributed by atoms with Gasteiger partial charge in [-0.3, -0.25) is 4.40 Å². The molecule has 2 heterocycles. The van der Waals surface area contributed by atoms with Crippen molar-refractivity contribution in [1.82, 2.24) is 13.7 Å². The number of fused-ring (bicyclic) bond motifs is 1. The highest BCUT2D eigenvalue weighted by molar-refractivity contribution is 7.89. The molecule has 0 spiro atoms. The Morgan fingerprint density at radius 1 is 1.50 bits per heavy atom. The first kappa shape index (κ1) is 15.0. The highest BCUT2D eigenvalue weighted by Gasteiger charge is 2.29. The lowest BCUT2D eigenvalue weighted by Crippen LogP contribution is -2.33. The van der Waals surface area contributed by atoms with Gasteiger partial charge in [-0.1, -0.05) is 30.7 Å². The molecule has 0 aromatic carbocycles. The minimum atomic E-state index is -3.71. The van der Waals surface area contributed by atoms with Crippen LogP contribution >= 0.6 is 11.6 Å². The summed E-state index contributed by atoms with van der Waals surface area (Å²) in [4.78, 5) is 4.08. The third-order valence-corrected chi connectivity index (χ3v) is 5.10. The zero-order valence-corrected chi connectivity index (χ0v) is 12.7. The maximum Gasteiger partial charge on any atom is 0.262 e. The van der Waals surface area contributed by atoms with Crippen molar-refractivity contribution in [2.45, 2.75) is 18.4 Å². The van der Waals surface area contributed by atoms with E-state index in [0.717, 1.165) is 0 Å². The van der Waals surface area contributed by atoms with Crippen LogP contribution in [-0.2, 0) is 10.0 Å².